The number of hydrogen-bond acceptors (Lipinski definition) is 3. The van der Waals surface area contributed by atoms with E-state index in [2.05, 4.69) is 4.99 Å². The van der Waals surface area contributed by atoms with Crippen LogP contribution < -0.4 is 0 Å². The van der Waals surface area contributed by atoms with E-state index in [-0.39, 0.29) is 24.2 Å². The third-order valence-corrected chi connectivity index (χ3v) is 2.32. The maximum atomic E-state index is 12.6. The molecule has 0 N–H and O–H groups in total. The van der Waals surface area contributed by atoms with Crippen LogP contribution in [-0.4, -0.2) is 23.5 Å². The summed E-state index contributed by atoms with van der Waals surface area (Å²) in [6, 6.07) is 0. The first-order chi connectivity index (χ1) is 6.59. The number of carbonyl (C=O) groups is 1. The maximum absolute atomic E-state index is 12.6. The topological polar surface area (TPSA) is 38.7 Å². The van der Waals surface area contributed by atoms with Gasteiger partial charge >= 0.3 is 0 Å². The van der Waals surface area contributed by atoms with Crippen molar-refractivity contribution in [2.75, 3.05) is 12.4 Å². The van der Waals surface area contributed by atoms with Crippen molar-refractivity contribution in [1.29, 1.82) is 0 Å². The molecule has 0 aliphatic carbocycles. The monoisotopic (exact) mass is 221 g/mol. The second kappa shape index (κ2) is 5.09. The van der Waals surface area contributed by atoms with Crippen LogP contribution in [0.25, 0.3) is 0 Å². The van der Waals surface area contributed by atoms with Crippen molar-refractivity contribution >= 4 is 22.9 Å². The Balaban J connectivity index is 2.26. The van der Waals surface area contributed by atoms with Crippen molar-refractivity contribution < 1.29 is 18.3 Å². The average molecular weight is 221 g/mol. The van der Waals surface area contributed by atoms with Gasteiger partial charge < -0.3 is 4.74 Å². The molecule has 0 saturated carbocycles. The Kier molecular flexibility index (Phi) is 4.06. The zero-order valence-electron chi connectivity index (χ0n) is 7.55. The van der Waals surface area contributed by atoms with Crippen LogP contribution >= 0.6 is 11.8 Å². The molecule has 0 unspecified atom stereocenters. The van der Waals surface area contributed by atoms with Crippen molar-refractivity contribution in [3.63, 3.8) is 0 Å². The van der Waals surface area contributed by atoms with Crippen molar-refractivity contribution in [1.82, 2.24) is 0 Å². The summed E-state index contributed by atoms with van der Waals surface area (Å²) in [5.74, 6) is -1.62. The molecule has 0 spiro atoms. The normalized spacial score (nSPS) is 17.6. The Hall–Kier alpha value is -0.910. The van der Waals surface area contributed by atoms with Crippen LogP contribution in [0.1, 0.15) is 13.3 Å². The van der Waals surface area contributed by atoms with E-state index < -0.39 is 11.7 Å². The number of thioether (sulfide) groups is 1. The first-order valence-electron chi connectivity index (χ1n) is 3.97. The van der Waals surface area contributed by atoms with Gasteiger partial charge in [-0.2, -0.15) is 4.99 Å². The molecular formula is C8H9F2NO2S. The summed E-state index contributed by atoms with van der Waals surface area (Å²) in [5.41, 5.74) is 0. The van der Waals surface area contributed by atoms with Gasteiger partial charge in [0.1, 0.15) is 11.7 Å². The Bertz CT molecular complexity index is 298. The van der Waals surface area contributed by atoms with E-state index in [1.807, 2.05) is 0 Å². The quantitative estimate of drug-likeness (QED) is 0.733. The predicted molar refractivity (Wildman–Crippen MR) is 50.4 cm³/mol. The first-order valence-corrected chi connectivity index (χ1v) is 4.96. The number of aliphatic imine (C=N–C) groups is 1. The molecule has 0 atom stereocenters. The summed E-state index contributed by atoms with van der Waals surface area (Å²) in [6.45, 7) is 1.01. The fraction of sp³-hybridized carbons (Fsp3) is 0.500. The lowest BCUT2D eigenvalue weighted by molar-refractivity contribution is -0.118. The van der Waals surface area contributed by atoms with Crippen LogP contribution in [0.2, 0.25) is 0 Å². The molecule has 0 aromatic heterocycles. The highest BCUT2D eigenvalue weighted by Crippen LogP contribution is 2.17. The number of hydrogen-bond donors (Lipinski definition) is 0. The number of allylic oxidation sites excluding steroid dienone is 2. The smallest absolute Gasteiger partial charge is 0.287 e. The third kappa shape index (κ3) is 3.45. The molecule has 1 aliphatic rings. The van der Waals surface area contributed by atoms with E-state index in [9.17, 15) is 13.6 Å². The van der Waals surface area contributed by atoms with Crippen LogP contribution in [0.15, 0.2) is 16.6 Å². The molecule has 1 aliphatic heterocycles. The molecule has 1 rings (SSSR count). The van der Waals surface area contributed by atoms with Gasteiger partial charge in [-0.3, -0.25) is 4.79 Å². The minimum atomic E-state index is -0.809. The van der Waals surface area contributed by atoms with E-state index in [4.69, 9.17) is 4.74 Å². The van der Waals surface area contributed by atoms with E-state index in [0.717, 1.165) is 18.7 Å². The lowest BCUT2D eigenvalue weighted by Crippen LogP contribution is -1.96. The Morgan fingerprint density at radius 3 is 2.86 bits per heavy atom. The molecule has 0 saturated heterocycles. The van der Waals surface area contributed by atoms with Gasteiger partial charge in [-0.15, -0.1) is 0 Å². The first kappa shape index (κ1) is 11.2. The molecule has 0 bridgehead atoms. The molecule has 1 heterocycles. The second-order valence-electron chi connectivity index (χ2n) is 2.60. The SMILES string of the molecule is C/C(F)=C(/F)CCSC1=NC(=O)CO1. The van der Waals surface area contributed by atoms with Gasteiger partial charge in [-0.1, -0.05) is 11.8 Å². The van der Waals surface area contributed by atoms with Crippen LogP contribution in [0.3, 0.4) is 0 Å². The number of carbonyl (C=O) groups excluding carboxylic acids is 1. The molecule has 0 fully saturated rings. The Morgan fingerprint density at radius 2 is 2.36 bits per heavy atom. The van der Waals surface area contributed by atoms with Gasteiger partial charge in [0.05, 0.1) is 0 Å². The number of amides is 1. The van der Waals surface area contributed by atoms with E-state index in [1.165, 1.54) is 0 Å². The maximum Gasteiger partial charge on any atom is 0.287 e. The lowest BCUT2D eigenvalue weighted by Gasteiger charge is -1.99. The van der Waals surface area contributed by atoms with E-state index in [1.54, 1.807) is 0 Å². The summed E-state index contributed by atoms with van der Waals surface area (Å²) in [4.78, 5) is 14.1. The number of halogens is 2. The van der Waals surface area contributed by atoms with Gasteiger partial charge in [-0.25, -0.2) is 8.78 Å². The molecule has 78 valence electrons. The molecule has 14 heavy (non-hydrogen) atoms. The van der Waals surface area contributed by atoms with Crippen LogP contribution in [-0.2, 0) is 9.53 Å². The highest BCUT2D eigenvalue weighted by atomic mass is 32.2. The average Bonchev–Trinajstić information content (AvgIpc) is 2.51. The predicted octanol–water partition coefficient (Wildman–Crippen LogP) is 2.19. The number of ether oxygens (including phenoxy) is 1. The standard InChI is InChI=1S/C8H9F2NO2S/c1-5(9)6(10)2-3-14-8-11-7(12)4-13-8/h2-4H2,1H3/b6-5-. The molecular weight excluding hydrogens is 212 g/mol. The third-order valence-electron chi connectivity index (χ3n) is 1.46. The van der Waals surface area contributed by atoms with Gasteiger partial charge in [0.25, 0.3) is 11.1 Å². The minimum absolute atomic E-state index is 0.0242. The highest BCUT2D eigenvalue weighted by Gasteiger charge is 2.15. The van der Waals surface area contributed by atoms with Crippen LogP contribution in [0, 0.1) is 0 Å². The summed E-state index contributed by atoms with van der Waals surface area (Å²) in [6.07, 6.45) is -0.0242. The van der Waals surface area contributed by atoms with Crippen molar-refractivity contribution in [2.45, 2.75) is 13.3 Å². The van der Waals surface area contributed by atoms with E-state index >= 15 is 0 Å². The Labute approximate surface area is 84.2 Å². The molecule has 6 heteroatoms. The zero-order chi connectivity index (χ0) is 10.6. The molecule has 3 nitrogen and oxygen atoms in total. The number of nitrogens with zero attached hydrogens (tertiary/aromatic N) is 1. The van der Waals surface area contributed by atoms with Gasteiger partial charge in [0, 0.05) is 12.2 Å². The van der Waals surface area contributed by atoms with Crippen molar-refractivity contribution in [3.05, 3.63) is 11.7 Å². The lowest BCUT2D eigenvalue weighted by atomic mass is 10.4. The summed E-state index contributed by atoms with van der Waals surface area (Å²) in [7, 11) is 0. The fourth-order valence-electron chi connectivity index (χ4n) is 0.764. The summed E-state index contributed by atoms with van der Waals surface area (Å²) in [5, 5.41) is 0.235. The largest absolute Gasteiger partial charge is 0.463 e. The van der Waals surface area contributed by atoms with Crippen LogP contribution in [0.5, 0.6) is 0 Å². The van der Waals surface area contributed by atoms with Crippen LogP contribution in [0.4, 0.5) is 8.78 Å². The fourth-order valence-corrected chi connectivity index (χ4v) is 1.53. The zero-order valence-corrected chi connectivity index (χ0v) is 8.37. The summed E-state index contributed by atoms with van der Waals surface area (Å²) < 4.78 is 29.7. The highest BCUT2D eigenvalue weighted by molar-refractivity contribution is 8.13. The molecule has 1 amide bonds. The number of rotatable bonds is 3. The second-order valence-corrected chi connectivity index (χ2v) is 3.64. The summed E-state index contributed by atoms with van der Waals surface area (Å²) >= 11 is 1.10. The molecule has 0 radical (unpaired) electrons. The van der Waals surface area contributed by atoms with Gasteiger partial charge in [0.15, 0.2) is 6.61 Å². The van der Waals surface area contributed by atoms with Crippen molar-refractivity contribution in [2.24, 2.45) is 4.99 Å². The Morgan fingerprint density at radius 1 is 1.64 bits per heavy atom. The minimum Gasteiger partial charge on any atom is -0.463 e. The van der Waals surface area contributed by atoms with E-state index in [0.29, 0.717) is 5.75 Å². The molecule has 0 aromatic rings. The molecule has 0 aromatic carbocycles. The van der Waals surface area contributed by atoms with Gasteiger partial charge in [-0.05, 0) is 6.92 Å². The van der Waals surface area contributed by atoms with Gasteiger partial charge in [0.2, 0.25) is 0 Å². The van der Waals surface area contributed by atoms with Crippen molar-refractivity contribution in [3.8, 4) is 0 Å².